The van der Waals surface area contributed by atoms with Crippen LogP contribution in [0.3, 0.4) is 0 Å². The molecule has 0 aliphatic heterocycles. The summed E-state index contributed by atoms with van der Waals surface area (Å²) in [7, 11) is 1.65. The van der Waals surface area contributed by atoms with E-state index in [4.69, 9.17) is 4.74 Å². The number of carbonyl (C=O) groups excluding carboxylic acids is 1. The molecule has 0 spiro atoms. The average molecular weight is 189 g/mol. The Morgan fingerprint density at radius 1 is 1.43 bits per heavy atom. The van der Waals surface area contributed by atoms with Crippen LogP contribution < -0.4 is 0 Å². The fourth-order valence-electron chi connectivity index (χ4n) is 1.53. The van der Waals surface area contributed by atoms with Crippen molar-refractivity contribution < 1.29 is 9.53 Å². The van der Waals surface area contributed by atoms with Crippen molar-refractivity contribution in [3.05, 3.63) is 36.0 Å². The van der Waals surface area contributed by atoms with Crippen molar-refractivity contribution in [3.8, 4) is 0 Å². The molecule has 72 valence electrons. The second kappa shape index (κ2) is 3.64. The van der Waals surface area contributed by atoms with Gasteiger partial charge in [-0.3, -0.25) is 4.79 Å². The van der Waals surface area contributed by atoms with E-state index in [1.54, 1.807) is 7.11 Å². The van der Waals surface area contributed by atoms with Crippen LogP contribution >= 0.6 is 0 Å². The van der Waals surface area contributed by atoms with Gasteiger partial charge in [0.25, 0.3) is 0 Å². The Morgan fingerprint density at radius 2 is 2.29 bits per heavy atom. The molecule has 3 nitrogen and oxygen atoms in total. The van der Waals surface area contributed by atoms with E-state index in [1.165, 1.54) is 0 Å². The molecule has 1 aromatic carbocycles. The van der Waals surface area contributed by atoms with Crippen LogP contribution in [0.2, 0.25) is 0 Å². The van der Waals surface area contributed by atoms with Crippen LogP contribution in [0, 0.1) is 0 Å². The normalized spacial score (nSPS) is 10.6. The zero-order valence-electron chi connectivity index (χ0n) is 7.93. The fraction of sp³-hybridized carbons (Fsp3) is 0.182. The number of carbonyl (C=O) groups is 1. The van der Waals surface area contributed by atoms with Gasteiger partial charge < -0.3 is 9.30 Å². The van der Waals surface area contributed by atoms with Crippen molar-refractivity contribution in [2.75, 3.05) is 7.11 Å². The first-order valence-corrected chi connectivity index (χ1v) is 4.38. The lowest BCUT2D eigenvalue weighted by Gasteiger charge is -2.03. The van der Waals surface area contributed by atoms with E-state index in [-0.39, 0.29) is 0 Å². The maximum atomic E-state index is 10.6. The van der Waals surface area contributed by atoms with Crippen molar-refractivity contribution in [2.24, 2.45) is 0 Å². The van der Waals surface area contributed by atoms with E-state index in [0.29, 0.717) is 12.3 Å². The summed E-state index contributed by atoms with van der Waals surface area (Å²) in [6, 6.07) is 7.61. The van der Waals surface area contributed by atoms with Crippen LogP contribution in [-0.2, 0) is 11.5 Å². The van der Waals surface area contributed by atoms with Crippen molar-refractivity contribution >= 4 is 17.2 Å². The summed E-state index contributed by atoms with van der Waals surface area (Å²) >= 11 is 0. The predicted octanol–water partition coefficient (Wildman–Crippen LogP) is 2.06. The second-order valence-electron chi connectivity index (χ2n) is 3.14. The second-order valence-corrected chi connectivity index (χ2v) is 3.14. The molecule has 3 heteroatoms. The van der Waals surface area contributed by atoms with Crippen LogP contribution in [0.25, 0.3) is 10.9 Å². The standard InChI is InChI=1S/C11H11NO2/c1-14-8-12-5-4-10-3-2-9(7-13)6-11(10)12/h2-7H,8H2,1H3. The van der Waals surface area contributed by atoms with E-state index >= 15 is 0 Å². The predicted molar refractivity (Wildman–Crippen MR) is 54.3 cm³/mol. The minimum Gasteiger partial charge on any atom is -0.364 e. The quantitative estimate of drug-likeness (QED) is 0.692. The van der Waals surface area contributed by atoms with E-state index in [9.17, 15) is 4.79 Å². The lowest BCUT2D eigenvalue weighted by molar-refractivity contribution is 0.112. The van der Waals surface area contributed by atoms with Gasteiger partial charge in [-0.1, -0.05) is 12.1 Å². The van der Waals surface area contributed by atoms with Gasteiger partial charge in [-0.2, -0.15) is 0 Å². The highest BCUT2D eigenvalue weighted by Crippen LogP contribution is 2.16. The molecule has 0 bridgehead atoms. The Kier molecular flexibility index (Phi) is 2.33. The molecule has 0 fully saturated rings. The molecule has 1 heterocycles. The highest BCUT2D eigenvalue weighted by atomic mass is 16.5. The van der Waals surface area contributed by atoms with Crippen molar-refractivity contribution in [1.82, 2.24) is 4.57 Å². The Labute approximate surface area is 81.9 Å². The molecule has 0 atom stereocenters. The topological polar surface area (TPSA) is 31.2 Å². The first kappa shape index (κ1) is 8.97. The minimum absolute atomic E-state index is 0.506. The molecule has 0 aliphatic carbocycles. The van der Waals surface area contributed by atoms with E-state index in [1.807, 2.05) is 35.0 Å². The molecule has 0 saturated heterocycles. The number of methoxy groups -OCH3 is 1. The summed E-state index contributed by atoms with van der Waals surface area (Å²) < 4.78 is 7.00. The third-order valence-corrected chi connectivity index (χ3v) is 2.20. The van der Waals surface area contributed by atoms with Crippen LogP contribution in [0.1, 0.15) is 10.4 Å². The zero-order chi connectivity index (χ0) is 9.97. The highest BCUT2D eigenvalue weighted by Gasteiger charge is 2.00. The Bertz CT molecular complexity index is 459. The number of ether oxygens (including phenoxy) is 1. The van der Waals surface area contributed by atoms with Crippen LogP contribution in [-0.4, -0.2) is 18.0 Å². The monoisotopic (exact) mass is 189 g/mol. The van der Waals surface area contributed by atoms with E-state index < -0.39 is 0 Å². The molecule has 0 N–H and O–H groups in total. The average Bonchev–Trinajstić information content (AvgIpc) is 2.61. The summed E-state index contributed by atoms with van der Waals surface area (Å²) in [5, 5.41) is 1.12. The van der Waals surface area contributed by atoms with Gasteiger partial charge in [-0.05, 0) is 17.5 Å². The number of hydrogen-bond donors (Lipinski definition) is 0. The summed E-state index contributed by atoms with van der Waals surface area (Å²) in [4.78, 5) is 10.6. The molecular formula is C11H11NO2. The summed E-state index contributed by atoms with van der Waals surface area (Å²) in [5.41, 5.74) is 1.71. The van der Waals surface area contributed by atoms with Gasteiger partial charge in [0.2, 0.25) is 0 Å². The number of aldehydes is 1. The molecular weight excluding hydrogens is 178 g/mol. The number of nitrogens with zero attached hydrogens (tertiary/aromatic N) is 1. The summed E-state index contributed by atoms with van der Waals surface area (Å²) in [5.74, 6) is 0. The summed E-state index contributed by atoms with van der Waals surface area (Å²) in [6.45, 7) is 0.506. The smallest absolute Gasteiger partial charge is 0.150 e. The van der Waals surface area contributed by atoms with E-state index in [0.717, 1.165) is 17.2 Å². The first-order valence-electron chi connectivity index (χ1n) is 4.38. The van der Waals surface area contributed by atoms with Gasteiger partial charge in [0.15, 0.2) is 0 Å². The molecule has 2 aromatic rings. The van der Waals surface area contributed by atoms with E-state index in [2.05, 4.69) is 0 Å². The maximum Gasteiger partial charge on any atom is 0.150 e. The Hall–Kier alpha value is -1.61. The van der Waals surface area contributed by atoms with Crippen molar-refractivity contribution in [1.29, 1.82) is 0 Å². The van der Waals surface area contributed by atoms with Crippen LogP contribution in [0.15, 0.2) is 30.5 Å². The molecule has 0 unspecified atom stereocenters. The van der Waals surface area contributed by atoms with Gasteiger partial charge in [-0.25, -0.2) is 0 Å². The van der Waals surface area contributed by atoms with Crippen molar-refractivity contribution in [2.45, 2.75) is 6.73 Å². The number of aromatic nitrogens is 1. The lowest BCUT2D eigenvalue weighted by atomic mass is 10.2. The minimum atomic E-state index is 0.506. The van der Waals surface area contributed by atoms with Gasteiger partial charge >= 0.3 is 0 Å². The molecule has 2 rings (SSSR count). The SMILES string of the molecule is COCn1ccc2ccc(C=O)cc21. The third-order valence-electron chi connectivity index (χ3n) is 2.20. The van der Waals surface area contributed by atoms with Gasteiger partial charge in [-0.15, -0.1) is 0 Å². The molecule has 0 radical (unpaired) electrons. The number of benzene rings is 1. The zero-order valence-corrected chi connectivity index (χ0v) is 7.93. The van der Waals surface area contributed by atoms with Gasteiger partial charge in [0.05, 0.1) is 5.52 Å². The molecule has 0 saturated carbocycles. The number of hydrogen-bond acceptors (Lipinski definition) is 2. The Balaban J connectivity index is 2.57. The van der Waals surface area contributed by atoms with Gasteiger partial charge in [0, 0.05) is 18.9 Å². The number of fused-ring (bicyclic) bond motifs is 1. The van der Waals surface area contributed by atoms with Crippen LogP contribution in [0.5, 0.6) is 0 Å². The first-order chi connectivity index (χ1) is 6.85. The third kappa shape index (κ3) is 1.42. The van der Waals surface area contributed by atoms with Crippen LogP contribution in [0.4, 0.5) is 0 Å². The molecule has 14 heavy (non-hydrogen) atoms. The lowest BCUT2D eigenvalue weighted by Crippen LogP contribution is -1.97. The van der Waals surface area contributed by atoms with Crippen molar-refractivity contribution in [3.63, 3.8) is 0 Å². The largest absolute Gasteiger partial charge is 0.364 e. The molecule has 1 aromatic heterocycles. The summed E-state index contributed by atoms with van der Waals surface area (Å²) in [6.07, 6.45) is 2.80. The molecule has 0 amide bonds. The highest BCUT2D eigenvalue weighted by molar-refractivity contribution is 5.87. The Morgan fingerprint density at radius 3 is 3.00 bits per heavy atom. The number of rotatable bonds is 3. The van der Waals surface area contributed by atoms with Gasteiger partial charge in [0.1, 0.15) is 13.0 Å². The molecule has 0 aliphatic rings. The maximum absolute atomic E-state index is 10.6. The fourth-order valence-corrected chi connectivity index (χ4v) is 1.53.